The van der Waals surface area contributed by atoms with Gasteiger partial charge in [0.05, 0.1) is 12.6 Å². The molecule has 1 saturated heterocycles. The SMILES string of the molecule is CC(C)CCC[C@@H](C)[C@H]1CC[C@H]2[C@@H]3CC=C4C[C@@H](S)CC[C@]4(C)[C@H]3CC[C@]12C.OCC1CCCN1O. The van der Waals surface area contributed by atoms with Crippen molar-refractivity contribution in [1.82, 2.24) is 5.06 Å². The first-order chi connectivity index (χ1) is 17.1. The van der Waals surface area contributed by atoms with E-state index in [2.05, 4.69) is 40.7 Å². The van der Waals surface area contributed by atoms with E-state index in [-0.39, 0.29) is 12.6 Å². The lowest BCUT2D eigenvalue weighted by atomic mass is 9.47. The second kappa shape index (κ2) is 12.0. The molecule has 1 aliphatic heterocycles. The minimum absolute atomic E-state index is 0.00926. The molecule has 4 heteroatoms. The van der Waals surface area contributed by atoms with Gasteiger partial charge in [-0.3, -0.25) is 0 Å². The highest BCUT2D eigenvalue weighted by atomic mass is 32.1. The van der Waals surface area contributed by atoms with Crippen molar-refractivity contribution < 1.29 is 10.3 Å². The van der Waals surface area contributed by atoms with Crippen molar-refractivity contribution >= 4 is 12.6 Å². The Hall–Kier alpha value is -0.0300. The van der Waals surface area contributed by atoms with E-state index in [9.17, 15) is 0 Å². The Morgan fingerprint density at radius 1 is 1.03 bits per heavy atom. The maximum atomic E-state index is 8.86. The lowest BCUT2D eigenvalue weighted by Crippen LogP contribution is -2.50. The van der Waals surface area contributed by atoms with E-state index >= 15 is 0 Å². The summed E-state index contributed by atoms with van der Waals surface area (Å²) in [7, 11) is 0. The molecule has 2 N–H and O–H groups in total. The minimum Gasteiger partial charge on any atom is -0.395 e. The molecule has 0 bridgehead atoms. The molecule has 0 amide bonds. The monoisotopic (exact) mass is 519 g/mol. The number of hydrogen-bond acceptors (Lipinski definition) is 4. The van der Waals surface area contributed by atoms with Gasteiger partial charge in [-0.25, -0.2) is 0 Å². The van der Waals surface area contributed by atoms with Gasteiger partial charge < -0.3 is 10.3 Å². The summed E-state index contributed by atoms with van der Waals surface area (Å²) in [4.78, 5) is 0. The number of aliphatic hydroxyl groups is 1. The van der Waals surface area contributed by atoms with Crippen molar-refractivity contribution in [2.75, 3.05) is 13.2 Å². The number of fused-ring (bicyclic) bond motifs is 5. The molecular weight excluding hydrogens is 462 g/mol. The van der Waals surface area contributed by atoms with Crippen molar-refractivity contribution in [2.24, 2.45) is 46.3 Å². The third-order valence-corrected chi connectivity index (χ3v) is 12.3. The van der Waals surface area contributed by atoms with Crippen molar-refractivity contribution in [3.8, 4) is 0 Å². The summed E-state index contributed by atoms with van der Waals surface area (Å²) in [5, 5.41) is 19.2. The van der Waals surface area contributed by atoms with Crippen LogP contribution in [0.5, 0.6) is 0 Å². The first-order valence-electron chi connectivity index (χ1n) is 15.5. The first kappa shape index (κ1) is 29.0. The molecule has 208 valence electrons. The number of hydrogen-bond donors (Lipinski definition) is 3. The number of nitrogens with zero attached hydrogens (tertiary/aromatic N) is 1. The second-order valence-electron chi connectivity index (χ2n) is 14.3. The molecule has 1 unspecified atom stereocenters. The Morgan fingerprint density at radius 3 is 2.44 bits per heavy atom. The third kappa shape index (κ3) is 5.77. The highest BCUT2D eigenvalue weighted by molar-refractivity contribution is 7.80. The van der Waals surface area contributed by atoms with Crippen molar-refractivity contribution in [3.63, 3.8) is 0 Å². The zero-order chi connectivity index (χ0) is 26.1. The van der Waals surface area contributed by atoms with Crippen LogP contribution in [0, 0.1) is 46.3 Å². The van der Waals surface area contributed by atoms with E-state index in [1.807, 2.05) is 0 Å². The van der Waals surface area contributed by atoms with Gasteiger partial charge in [0.15, 0.2) is 0 Å². The fraction of sp³-hybridized carbons (Fsp3) is 0.938. The van der Waals surface area contributed by atoms with Crippen LogP contribution in [-0.4, -0.2) is 39.8 Å². The largest absolute Gasteiger partial charge is 0.395 e. The molecule has 3 saturated carbocycles. The van der Waals surface area contributed by atoms with Gasteiger partial charge in [-0.15, -0.1) is 0 Å². The number of aliphatic hydroxyl groups excluding tert-OH is 1. The molecule has 5 aliphatic rings. The molecule has 0 spiro atoms. The summed E-state index contributed by atoms with van der Waals surface area (Å²) in [5.74, 6) is 5.70. The summed E-state index contributed by atoms with van der Waals surface area (Å²) in [6.45, 7) is 13.5. The summed E-state index contributed by atoms with van der Waals surface area (Å²) >= 11 is 4.84. The molecule has 1 heterocycles. The highest BCUT2D eigenvalue weighted by Crippen LogP contribution is 2.67. The van der Waals surface area contributed by atoms with Gasteiger partial charge in [0.1, 0.15) is 0 Å². The van der Waals surface area contributed by atoms with Crippen LogP contribution in [0.3, 0.4) is 0 Å². The number of allylic oxidation sites excluding steroid dienone is 2. The van der Waals surface area contributed by atoms with Crippen LogP contribution in [0.1, 0.15) is 118 Å². The number of thiol groups is 1. The molecule has 0 radical (unpaired) electrons. The lowest BCUT2D eigenvalue weighted by Gasteiger charge is -2.58. The maximum absolute atomic E-state index is 8.86. The van der Waals surface area contributed by atoms with Gasteiger partial charge in [-0.1, -0.05) is 65.5 Å². The summed E-state index contributed by atoms with van der Waals surface area (Å²) < 4.78 is 0. The first-order valence-corrected chi connectivity index (χ1v) is 16.1. The second-order valence-corrected chi connectivity index (χ2v) is 15.1. The normalized spacial score (nSPS) is 43.2. The van der Waals surface area contributed by atoms with E-state index in [1.165, 1.54) is 75.7 Å². The van der Waals surface area contributed by atoms with Crippen LogP contribution >= 0.6 is 12.6 Å². The van der Waals surface area contributed by atoms with Gasteiger partial charge in [-0.2, -0.15) is 17.7 Å². The minimum atomic E-state index is 0.00926. The van der Waals surface area contributed by atoms with Crippen LogP contribution in [0.2, 0.25) is 0 Å². The zero-order valence-corrected chi connectivity index (χ0v) is 25.0. The summed E-state index contributed by atoms with van der Waals surface area (Å²) in [5.41, 5.74) is 2.92. The molecule has 0 aromatic rings. The summed E-state index contributed by atoms with van der Waals surface area (Å²) in [6.07, 6.45) is 20.4. The molecule has 3 nitrogen and oxygen atoms in total. The Kier molecular flexibility index (Phi) is 9.66. The molecular formula is C32H57NO2S. The Labute approximate surface area is 228 Å². The molecule has 5 rings (SSSR count). The Morgan fingerprint density at radius 2 is 1.81 bits per heavy atom. The predicted octanol–water partition coefficient (Wildman–Crippen LogP) is 8.16. The average Bonchev–Trinajstić information content (AvgIpc) is 3.41. The third-order valence-electron chi connectivity index (χ3n) is 11.8. The van der Waals surface area contributed by atoms with Crippen LogP contribution in [0.4, 0.5) is 0 Å². The Balaban J connectivity index is 0.000000325. The van der Waals surface area contributed by atoms with E-state index in [4.69, 9.17) is 22.9 Å². The van der Waals surface area contributed by atoms with Crippen molar-refractivity contribution in [1.29, 1.82) is 0 Å². The molecule has 9 atom stereocenters. The van der Waals surface area contributed by atoms with E-state index in [0.29, 0.717) is 22.6 Å². The Bertz CT molecular complexity index is 754. The average molecular weight is 520 g/mol. The van der Waals surface area contributed by atoms with Crippen molar-refractivity contribution in [2.45, 2.75) is 129 Å². The quantitative estimate of drug-likeness (QED) is 0.245. The standard InChI is InChI=1S/C27H46S.C5H11NO2/c1-18(2)7-6-8-19(3)23-11-12-24-22-10-9-20-17-21(28)13-15-26(20,4)25(22)14-16-27(23,24)5;7-4-5-2-1-3-6(5)8/h9,18-19,21-25,28H,6-8,10-17H2,1-5H3;5,7-8H,1-4H2/t19-,21+,22+,23-,24+,25+,26+,27-;/m1./s1. The van der Waals surface area contributed by atoms with Crippen LogP contribution in [0.25, 0.3) is 0 Å². The van der Waals surface area contributed by atoms with Crippen molar-refractivity contribution in [3.05, 3.63) is 11.6 Å². The molecule has 4 fully saturated rings. The highest BCUT2D eigenvalue weighted by Gasteiger charge is 2.58. The molecule has 36 heavy (non-hydrogen) atoms. The maximum Gasteiger partial charge on any atom is 0.0610 e. The van der Waals surface area contributed by atoms with Crippen LogP contribution in [0.15, 0.2) is 11.6 Å². The van der Waals surface area contributed by atoms with Gasteiger partial charge >= 0.3 is 0 Å². The summed E-state index contributed by atoms with van der Waals surface area (Å²) in [6, 6.07) is 0.00926. The molecule has 4 aliphatic carbocycles. The van der Waals surface area contributed by atoms with Gasteiger partial charge in [0, 0.05) is 11.8 Å². The molecule has 0 aromatic carbocycles. The lowest BCUT2D eigenvalue weighted by molar-refractivity contribution is -0.113. The fourth-order valence-corrected chi connectivity index (χ4v) is 10.00. The van der Waals surface area contributed by atoms with E-state index in [0.717, 1.165) is 48.3 Å². The van der Waals surface area contributed by atoms with Crippen LogP contribution in [-0.2, 0) is 0 Å². The van der Waals surface area contributed by atoms with E-state index in [1.54, 1.807) is 5.57 Å². The van der Waals surface area contributed by atoms with Gasteiger partial charge in [0.25, 0.3) is 0 Å². The topological polar surface area (TPSA) is 43.7 Å². The smallest absolute Gasteiger partial charge is 0.0610 e. The molecule has 0 aromatic heterocycles. The fourth-order valence-electron chi connectivity index (χ4n) is 9.67. The van der Waals surface area contributed by atoms with Gasteiger partial charge in [-0.05, 0) is 111 Å². The van der Waals surface area contributed by atoms with E-state index < -0.39 is 0 Å². The number of rotatable bonds is 6. The predicted molar refractivity (Wildman–Crippen MR) is 154 cm³/mol. The van der Waals surface area contributed by atoms with Gasteiger partial charge in [0.2, 0.25) is 0 Å². The van der Waals surface area contributed by atoms with Crippen LogP contribution < -0.4 is 0 Å². The zero-order valence-electron chi connectivity index (χ0n) is 24.1. The number of hydroxylamine groups is 2.